The topological polar surface area (TPSA) is 56.1 Å². The van der Waals surface area contributed by atoms with Gasteiger partial charge in [0, 0.05) is 19.1 Å². The highest BCUT2D eigenvalue weighted by Crippen LogP contribution is 2.29. The zero-order valence-corrected chi connectivity index (χ0v) is 11.1. The lowest BCUT2D eigenvalue weighted by molar-refractivity contribution is -0.123. The van der Waals surface area contributed by atoms with E-state index in [9.17, 15) is 4.79 Å². The van der Waals surface area contributed by atoms with Crippen molar-refractivity contribution in [3.05, 3.63) is 0 Å². The molecule has 4 nitrogen and oxygen atoms in total. The Morgan fingerprint density at radius 3 is 2.59 bits per heavy atom. The van der Waals surface area contributed by atoms with Gasteiger partial charge < -0.3 is 5.32 Å². The lowest BCUT2D eigenvalue weighted by atomic mass is 9.82. The summed E-state index contributed by atoms with van der Waals surface area (Å²) >= 11 is 0. The molecule has 1 N–H and O–H groups in total. The average Bonchev–Trinajstić information content (AvgIpc) is 2.32. The van der Waals surface area contributed by atoms with E-state index in [1.54, 1.807) is 0 Å². The Hall–Kier alpha value is -1.08. The summed E-state index contributed by atoms with van der Waals surface area (Å²) in [4.78, 5) is 13.8. The minimum Gasteiger partial charge on any atom is -0.353 e. The summed E-state index contributed by atoms with van der Waals surface area (Å²) in [6.45, 7) is 8.23. The predicted octanol–water partition coefficient (Wildman–Crippen LogP) is 1.53. The molecule has 1 rings (SSSR count). The number of rotatable bonds is 4. The first kappa shape index (κ1) is 14.0. The highest BCUT2D eigenvalue weighted by atomic mass is 16.2. The highest BCUT2D eigenvalue weighted by molar-refractivity contribution is 5.78. The number of carbonyl (C=O) groups is 1. The predicted molar refractivity (Wildman–Crippen MR) is 67.3 cm³/mol. The molecule has 0 bridgehead atoms. The van der Waals surface area contributed by atoms with Crippen LogP contribution in [-0.2, 0) is 4.79 Å². The molecule has 1 aliphatic heterocycles. The molecule has 1 atom stereocenters. The zero-order chi connectivity index (χ0) is 12.9. The normalized spacial score (nSPS) is 21.5. The van der Waals surface area contributed by atoms with Crippen molar-refractivity contribution < 1.29 is 4.79 Å². The molecule has 17 heavy (non-hydrogen) atoms. The number of likely N-dealkylation sites (tertiary alicyclic amines) is 1. The van der Waals surface area contributed by atoms with Crippen molar-refractivity contribution in [2.24, 2.45) is 5.41 Å². The van der Waals surface area contributed by atoms with Crippen LogP contribution in [-0.4, -0.2) is 36.5 Å². The van der Waals surface area contributed by atoms with Crippen LogP contribution >= 0.6 is 0 Å². The van der Waals surface area contributed by atoms with Crippen molar-refractivity contribution in [2.75, 3.05) is 19.6 Å². The van der Waals surface area contributed by atoms with Crippen LogP contribution in [0.3, 0.4) is 0 Å². The molecule has 1 aliphatic rings. The Balaban J connectivity index is 2.31. The van der Waals surface area contributed by atoms with Gasteiger partial charge in [-0.2, -0.15) is 5.26 Å². The van der Waals surface area contributed by atoms with Gasteiger partial charge in [0.05, 0.1) is 18.0 Å². The standard InChI is InChI=1S/C13H23N3O/c1-4-11(2)15-12(17)9-16-7-5-13(3,10-14)6-8-16/h11H,4-9H2,1-3H3,(H,15,17). The molecule has 0 aliphatic carbocycles. The number of nitriles is 1. The summed E-state index contributed by atoms with van der Waals surface area (Å²) in [5, 5.41) is 12.0. The van der Waals surface area contributed by atoms with E-state index in [2.05, 4.69) is 23.2 Å². The molecule has 96 valence electrons. The van der Waals surface area contributed by atoms with Crippen molar-refractivity contribution in [2.45, 2.75) is 46.1 Å². The molecule has 0 radical (unpaired) electrons. The number of carbonyl (C=O) groups excluding carboxylic acids is 1. The van der Waals surface area contributed by atoms with E-state index in [0.717, 1.165) is 32.4 Å². The first-order valence-corrected chi connectivity index (χ1v) is 6.42. The number of nitrogens with one attached hydrogen (secondary N) is 1. The van der Waals surface area contributed by atoms with Gasteiger partial charge in [-0.3, -0.25) is 9.69 Å². The molecule has 0 aromatic heterocycles. The van der Waals surface area contributed by atoms with Gasteiger partial charge in [-0.15, -0.1) is 0 Å². The van der Waals surface area contributed by atoms with Crippen LogP contribution in [0.25, 0.3) is 0 Å². The van der Waals surface area contributed by atoms with E-state index < -0.39 is 0 Å². The van der Waals surface area contributed by atoms with Gasteiger partial charge in [-0.1, -0.05) is 6.92 Å². The van der Waals surface area contributed by atoms with E-state index in [-0.39, 0.29) is 17.4 Å². The fourth-order valence-corrected chi connectivity index (χ4v) is 1.94. The number of hydrogen-bond donors (Lipinski definition) is 1. The second kappa shape index (κ2) is 6.02. The fourth-order valence-electron chi connectivity index (χ4n) is 1.94. The summed E-state index contributed by atoms with van der Waals surface area (Å²) in [5.41, 5.74) is -0.191. The third-order valence-corrected chi connectivity index (χ3v) is 3.62. The van der Waals surface area contributed by atoms with Crippen molar-refractivity contribution in [3.63, 3.8) is 0 Å². The maximum Gasteiger partial charge on any atom is 0.234 e. The van der Waals surface area contributed by atoms with Crippen molar-refractivity contribution in [3.8, 4) is 6.07 Å². The van der Waals surface area contributed by atoms with E-state index >= 15 is 0 Å². The molecule has 1 saturated heterocycles. The van der Waals surface area contributed by atoms with Gasteiger partial charge in [0.2, 0.25) is 5.91 Å². The molecule has 1 unspecified atom stereocenters. The molecule has 0 spiro atoms. The van der Waals surface area contributed by atoms with Crippen LogP contribution < -0.4 is 5.32 Å². The van der Waals surface area contributed by atoms with Gasteiger partial charge in [-0.05, 0) is 33.1 Å². The number of nitrogens with zero attached hydrogens (tertiary/aromatic N) is 2. The van der Waals surface area contributed by atoms with Crippen LogP contribution in [0.1, 0.15) is 40.0 Å². The lowest BCUT2D eigenvalue weighted by Crippen LogP contribution is -2.45. The number of amides is 1. The van der Waals surface area contributed by atoms with Crippen molar-refractivity contribution in [1.82, 2.24) is 10.2 Å². The van der Waals surface area contributed by atoms with E-state index in [0.29, 0.717) is 6.54 Å². The second-order valence-electron chi connectivity index (χ2n) is 5.33. The first-order valence-electron chi connectivity index (χ1n) is 6.42. The average molecular weight is 237 g/mol. The zero-order valence-electron chi connectivity index (χ0n) is 11.1. The van der Waals surface area contributed by atoms with Gasteiger partial charge in [0.1, 0.15) is 0 Å². The Labute approximate surface area is 104 Å². The Morgan fingerprint density at radius 2 is 2.12 bits per heavy atom. The highest BCUT2D eigenvalue weighted by Gasteiger charge is 2.30. The summed E-state index contributed by atoms with van der Waals surface area (Å²) in [5.74, 6) is 0.0971. The van der Waals surface area contributed by atoms with Crippen LogP contribution in [0.15, 0.2) is 0 Å². The maximum absolute atomic E-state index is 11.7. The van der Waals surface area contributed by atoms with E-state index in [1.165, 1.54) is 0 Å². The minimum atomic E-state index is -0.191. The smallest absolute Gasteiger partial charge is 0.234 e. The van der Waals surface area contributed by atoms with Crippen LogP contribution in [0.2, 0.25) is 0 Å². The van der Waals surface area contributed by atoms with Gasteiger partial charge in [-0.25, -0.2) is 0 Å². The number of piperidine rings is 1. The minimum absolute atomic E-state index is 0.0971. The third kappa shape index (κ3) is 4.35. The largest absolute Gasteiger partial charge is 0.353 e. The molecule has 1 amide bonds. The summed E-state index contributed by atoms with van der Waals surface area (Å²) in [6, 6.07) is 2.62. The summed E-state index contributed by atoms with van der Waals surface area (Å²) < 4.78 is 0. The van der Waals surface area contributed by atoms with Crippen LogP contribution in [0, 0.1) is 16.7 Å². The van der Waals surface area contributed by atoms with Gasteiger partial charge >= 0.3 is 0 Å². The summed E-state index contributed by atoms with van der Waals surface area (Å²) in [6.07, 6.45) is 2.68. The molecular weight excluding hydrogens is 214 g/mol. The molecule has 1 heterocycles. The summed E-state index contributed by atoms with van der Waals surface area (Å²) in [7, 11) is 0. The molecule has 4 heteroatoms. The molecular formula is C13H23N3O. The van der Waals surface area contributed by atoms with Crippen molar-refractivity contribution in [1.29, 1.82) is 5.26 Å². The van der Waals surface area contributed by atoms with Crippen molar-refractivity contribution >= 4 is 5.91 Å². The van der Waals surface area contributed by atoms with E-state index in [4.69, 9.17) is 5.26 Å². The Kier molecular flexibility index (Phi) is 4.95. The SMILES string of the molecule is CCC(C)NC(=O)CN1CCC(C)(C#N)CC1. The molecule has 0 aromatic rings. The lowest BCUT2D eigenvalue weighted by Gasteiger charge is -2.34. The second-order valence-corrected chi connectivity index (χ2v) is 5.33. The van der Waals surface area contributed by atoms with Crippen LogP contribution in [0.4, 0.5) is 0 Å². The van der Waals surface area contributed by atoms with Gasteiger partial charge in [0.25, 0.3) is 0 Å². The first-order chi connectivity index (χ1) is 7.99. The van der Waals surface area contributed by atoms with E-state index in [1.807, 2.05) is 13.8 Å². The molecule has 0 aromatic carbocycles. The third-order valence-electron chi connectivity index (χ3n) is 3.62. The molecule has 0 saturated carbocycles. The monoisotopic (exact) mass is 237 g/mol. The van der Waals surface area contributed by atoms with Gasteiger partial charge in [0.15, 0.2) is 0 Å². The Morgan fingerprint density at radius 1 is 1.53 bits per heavy atom. The number of hydrogen-bond acceptors (Lipinski definition) is 3. The Bertz CT molecular complexity index is 300. The fraction of sp³-hybridized carbons (Fsp3) is 0.846. The molecule has 1 fully saturated rings. The quantitative estimate of drug-likeness (QED) is 0.806. The van der Waals surface area contributed by atoms with Crippen LogP contribution in [0.5, 0.6) is 0 Å². The maximum atomic E-state index is 11.7.